The number of ether oxygens (including phenoxy) is 1. The number of nitrogens with one attached hydrogen (secondary N) is 1. The molecule has 0 aliphatic heterocycles. The number of aliphatic hydroxyl groups is 2. The average molecular weight is 814 g/mol. The average Bonchev–Trinajstić information content (AvgIpc) is 3.22. The summed E-state index contributed by atoms with van der Waals surface area (Å²) in [5, 5.41) is 23.7. The van der Waals surface area contributed by atoms with E-state index in [0.29, 0.717) is 19.3 Å². The molecule has 6 heteroatoms. The molecule has 0 aromatic heterocycles. The Bertz CT molecular complexity index is 1000. The molecular weight excluding hydrogens is 719 g/mol. The molecule has 58 heavy (non-hydrogen) atoms. The lowest BCUT2D eigenvalue weighted by Gasteiger charge is -2.24. The lowest BCUT2D eigenvalue weighted by molar-refractivity contribution is -0.151. The van der Waals surface area contributed by atoms with Gasteiger partial charge < -0.3 is 20.3 Å². The summed E-state index contributed by atoms with van der Waals surface area (Å²) in [7, 11) is 0. The van der Waals surface area contributed by atoms with E-state index in [-0.39, 0.29) is 24.9 Å². The van der Waals surface area contributed by atoms with Crippen molar-refractivity contribution in [2.24, 2.45) is 0 Å². The minimum absolute atomic E-state index is 0.0401. The molecule has 0 heterocycles. The summed E-state index contributed by atoms with van der Waals surface area (Å²) in [4.78, 5) is 26.1. The number of hydrogen-bond donors (Lipinski definition) is 3. The van der Waals surface area contributed by atoms with E-state index in [0.717, 1.165) is 64.2 Å². The van der Waals surface area contributed by atoms with Crippen LogP contribution in [0.5, 0.6) is 0 Å². The van der Waals surface area contributed by atoms with E-state index in [9.17, 15) is 19.8 Å². The number of aliphatic hydroxyl groups excluding tert-OH is 2. The summed E-state index contributed by atoms with van der Waals surface area (Å²) in [6, 6.07) is -0.716. The monoisotopic (exact) mass is 814 g/mol. The van der Waals surface area contributed by atoms with Crippen LogP contribution < -0.4 is 5.32 Å². The lowest BCUT2D eigenvalue weighted by Crippen LogP contribution is -2.46. The quantitative estimate of drug-likeness (QED) is 0.0323. The van der Waals surface area contributed by atoms with Crippen molar-refractivity contribution in [3.8, 4) is 0 Å². The second-order valence-electron chi connectivity index (χ2n) is 16.9. The fraction of sp³-hybridized carbons (Fsp3) is 0.808. The standard InChI is InChI=1S/C52H95NO5/c1-4-7-10-13-16-19-22-24-26-28-30-33-36-39-42-45-52(57)58-48(43-40-37-34-31-29-27-25-23-20-17-14-11-8-5-2)46-51(56)53-49(47-54)50(55)44-41-38-35-32-21-18-15-12-9-6-3/h16,19,22,24,27,29,31,34,48-50,54-55H,4-15,17-18,20-21,23,25-26,28,30,32-33,35-47H2,1-3H3,(H,53,56)/b19-16+,24-22+,29-27+,34-31+. The highest BCUT2D eigenvalue weighted by atomic mass is 16.5. The minimum atomic E-state index is -0.799. The zero-order chi connectivity index (χ0) is 42.4. The van der Waals surface area contributed by atoms with E-state index in [1.165, 1.54) is 135 Å². The fourth-order valence-electron chi connectivity index (χ4n) is 7.36. The van der Waals surface area contributed by atoms with Crippen molar-refractivity contribution in [1.29, 1.82) is 0 Å². The van der Waals surface area contributed by atoms with Crippen molar-refractivity contribution in [2.75, 3.05) is 6.61 Å². The van der Waals surface area contributed by atoms with Gasteiger partial charge >= 0.3 is 5.97 Å². The molecule has 3 atom stereocenters. The van der Waals surface area contributed by atoms with Crippen LogP contribution in [-0.4, -0.2) is 46.9 Å². The molecule has 0 aliphatic carbocycles. The van der Waals surface area contributed by atoms with Crippen LogP contribution in [0.1, 0.15) is 245 Å². The first-order valence-electron chi connectivity index (χ1n) is 24.9. The Morgan fingerprint density at radius 3 is 1.34 bits per heavy atom. The van der Waals surface area contributed by atoms with Gasteiger partial charge in [-0.05, 0) is 70.6 Å². The van der Waals surface area contributed by atoms with E-state index in [2.05, 4.69) is 74.7 Å². The van der Waals surface area contributed by atoms with Gasteiger partial charge in [-0.1, -0.05) is 211 Å². The lowest BCUT2D eigenvalue weighted by atomic mass is 10.0. The van der Waals surface area contributed by atoms with Crippen LogP contribution in [0.25, 0.3) is 0 Å². The minimum Gasteiger partial charge on any atom is -0.462 e. The first-order valence-corrected chi connectivity index (χ1v) is 24.9. The first kappa shape index (κ1) is 55.8. The summed E-state index contributed by atoms with van der Waals surface area (Å²) in [6.45, 7) is 6.42. The predicted molar refractivity (Wildman–Crippen MR) is 250 cm³/mol. The highest BCUT2D eigenvalue weighted by molar-refractivity contribution is 5.77. The molecular formula is C52H95NO5. The third kappa shape index (κ3) is 40.6. The Morgan fingerprint density at radius 2 is 0.879 bits per heavy atom. The van der Waals surface area contributed by atoms with Crippen molar-refractivity contribution < 1.29 is 24.5 Å². The van der Waals surface area contributed by atoms with Crippen LogP contribution in [0.2, 0.25) is 0 Å². The van der Waals surface area contributed by atoms with E-state index < -0.39 is 18.2 Å². The van der Waals surface area contributed by atoms with Crippen LogP contribution in [0.3, 0.4) is 0 Å². The van der Waals surface area contributed by atoms with Crippen molar-refractivity contribution in [2.45, 2.75) is 264 Å². The number of rotatable bonds is 44. The largest absolute Gasteiger partial charge is 0.462 e. The SMILES string of the molecule is CCCCC/C=C/C=C/CCCCCCCCC(=O)OC(CCC/C=C/C=C/CCCCCCCCC)CC(=O)NC(CO)C(O)CCCCCCCCCCCC. The van der Waals surface area contributed by atoms with Crippen LogP contribution in [0.4, 0.5) is 0 Å². The number of unbranched alkanes of at least 4 members (excludes halogenated alkanes) is 26. The summed E-state index contributed by atoms with van der Waals surface area (Å²) >= 11 is 0. The molecule has 0 radical (unpaired) electrons. The number of esters is 1. The summed E-state index contributed by atoms with van der Waals surface area (Å²) in [6.07, 6.45) is 54.6. The van der Waals surface area contributed by atoms with Gasteiger partial charge in [0.25, 0.3) is 0 Å². The van der Waals surface area contributed by atoms with E-state index >= 15 is 0 Å². The third-order valence-electron chi connectivity index (χ3n) is 11.2. The van der Waals surface area contributed by atoms with Gasteiger partial charge in [-0.2, -0.15) is 0 Å². The molecule has 0 spiro atoms. The number of carbonyl (C=O) groups is 2. The topological polar surface area (TPSA) is 95.9 Å². The van der Waals surface area contributed by atoms with Crippen LogP contribution >= 0.6 is 0 Å². The molecule has 338 valence electrons. The molecule has 3 N–H and O–H groups in total. The molecule has 0 aliphatic rings. The van der Waals surface area contributed by atoms with Gasteiger partial charge in [-0.15, -0.1) is 0 Å². The fourth-order valence-corrected chi connectivity index (χ4v) is 7.36. The Hall–Kier alpha value is -2.18. The van der Waals surface area contributed by atoms with Gasteiger partial charge in [0, 0.05) is 6.42 Å². The van der Waals surface area contributed by atoms with E-state index in [1.54, 1.807) is 0 Å². The van der Waals surface area contributed by atoms with Gasteiger partial charge in [0.1, 0.15) is 6.10 Å². The van der Waals surface area contributed by atoms with Crippen molar-refractivity contribution in [3.63, 3.8) is 0 Å². The second kappa shape index (κ2) is 45.9. The molecule has 6 nitrogen and oxygen atoms in total. The van der Waals surface area contributed by atoms with Gasteiger partial charge in [0.15, 0.2) is 0 Å². The van der Waals surface area contributed by atoms with Gasteiger partial charge in [0.05, 0.1) is 25.2 Å². The van der Waals surface area contributed by atoms with Crippen molar-refractivity contribution in [3.05, 3.63) is 48.6 Å². The van der Waals surface area contributed by atoms with Crippen molar-refractivity contribution >= 4 is 11.9 Å². The molecule has 0 aromatic carbocycles. The number of hydrogen-bond acceptors (Lipinski definition) is 5. The highest BCUT2D eigenvalue weighted by Gasteiger charge is 2.24. The maximum Gasteiger partial charge on any atom is 0.306 e. The Morgan fingerprint density at radius 1 is 0.500 bits per heavy atom. The van der Waals surface area contributed by atoms with E-state index in [1.807, 2.05) is 0 Å². The van der Waals surface area contributed by atoms with Crippen molar-refractivity contribution in [1.82, 2.24) is 5.32 Å². The molecule has 3 unspecified atom stereocenters. The number of carbonyl (C=O) groups excluding carboxylic acids is 2. The molecule has 0 aromatic rings. The summed E-state index contributed by atoms with van der Waals surface area (Å²) < 4.78 is 5.89. The first-order chi connectivity index (χ1) is 28.5. The van der Waals surface area contributed by atoms with Gasteiger partial charge in [-0.3, -0.25) is 9.59 Å². The summed E-state index contributed by atoms with van der Waals surface area (Å²) in [5.74, 6) is -0.533. The van der Waals surface area contributed by atoms with Crippen LogP contribution in [0, 0.1) is 0 Å². The third-order valence-corrected chi connectivity index (χ3v) is 11.2. The van der Waals surface area contributed by atoms with Crippen LogP contribution in [0.15, 0.2) is 48.6 Å². The van der Waals surface area contributed by atoms with Gasteiger partial charge in [-0.25, -0.2) is 0 Å². The molecule has 1 amide bonds. The summed E-state index contributed by atoms with van der Waals surface area (Å²) in [5.41, 5.74) is 0. The molecule has 0 bridgehead atoms. The molecule has 0 saturated heterocycles. The molecule has 0 saturated carbocycles. The number of amides is 1. The zero-order valence-corrected chi connectivity index (χ0v) is 38.4. The Kier molecular flexibility index (Phi) is 44.2. The maximum atomic E-state index is 13.2. The zero-order valence-electron chi connectivity index (χ0n) is 38.4. The Balaban J connectivity index is 4.68. The van der Waals surface area contributed by atoms with E-state index in [4.69, 9.17) is 4.74 Å². The second-order valence-corrected chi connectivity index (χ2v) is 16.9. The number of allylic oxidation sites excluding steroid dienone is 8. The predicted octanol–water partition coefficient (Wildman–Crippen LogP) is 14.7. The highest BCUT2D eigenvalue weighted by Crippen LogP contribution is 2.16. The maximum absolute atomic E-state index is 13.2. The molecule has 0 fully saturated rings. The molecule has 0 rings (SSSR count). The van der Waals surface area contributed by atoms with Crippen LogP contribution in [-0.2, 0) is 14.3 Å². The normalized spacial score (nSPS) is 13.7. The smallest absolute Gasteiger partial charge is 0.306 e. The van der Waals surface area contributed by atoms with Gasteiger partial charge in [0.2, 0.25) is 5.91 Å². The Labute approximate surface area is 359 Å².